The maximum atomic E-state index is 12.9. The Morgan fingerprint density at radius 2 is 0.481 bits per heavy atom. The van der Waals surface area contributed by atoms with Gasteiger partial charge in [0, 0.05) is 19.3 Å². The lowest BCUT2D eigenvalue weighted by Gasteiger charge is -2.18. The predicted octanol–water partition coefficient (Wildman–Crippen LogP) is 22.4. The molecule has 0 aliphatic heterocycles. The van der Waals surface area contributed by atoms with Crippen LogP contribution in [-0.2, 0) is 28.6 Å². The van der Waals surface area contributed by atoms with Crippen molar-refractivity contribution in [2.75, 3.05) is 13.2 Å². The number of hydrogen-bond donors (Lipinski definition) is 0. The number of hydrogen-bond acceptors (Lipinski definition) is 6. The van der Waals surface area contributed by atoms with Crippen LogP contribution in [0.4, 0.5) is 0 Å². The van der Waals surface area contributed by atoms with Crippen molar-refractivity contribution in [2.24, 2.45) is 0 Å². The Hall–Kier alpha value is -5.49. The van der Waals surface area contributed by atoms with Crippen LogP contribution in [0.2, 0.25) is 0 Å². The van der Waals surface area contributed by atoms with E-state index in [1.807, 2.05) is 0 Å². The van der Waals surface area contributed by atoms with Crippen LogP contribution in [0.5, 0.6) is 0 Å². The summed E-state index contributed by atoms with van der Waals surface area (Å²) in [7, 11) is 0. The van der Waals surface area contributed by atoms with E-state index >= 15 is 0 Å². The Labute approximate surface area is 497 Å². The van der Waals surface area contributed by atoms with Crippen molar-refractivity contribution < 1.29 is 28.6 Å². The molecule has 0 aromatic carbocycles. The van der Waals surface area contributed by atoms with E-state index in [0.717, 1.165) is 154 Å². The lowest BCUT2D eigenvalue weighted by atomic mass is 10.1. The van der Waals surface area contributed by atoms with Crippen LogP contribution in [0.25, 0.3) is 0 Å². The van der Waals surface area contributed by atoms with Gasteiger partial charge in [-0.3, -0.25) is 14.4 Å². The van der Waals surface area contributed by atoms with Gasteiger partial charge in [-0.2, -0.15) is 0 Å². The van der Waals surface area contributed by atoms with Gasteiger partial charge in [0.2, 0.25) is 0 Å². The Morgan fingerprint density at radius 1 is 0.259 bits per heavy atom. The molecule has 6 heteroatoms. The van der Waals surface area contributed by atoms with Crippen molar-refractivity contribution in [2.45, 2.75) is 258 Å². The van der Waals surface area contributed by atoms with Crippen LogP contribution in [-0.4, -0.2) is 37.2 Å². The third kappa shape index (κ3) is 65.2. The number of carbonyl (C=O) groups is 3. The molecule has 452 valence electrons. The Bertz CT molecular complexity index is 1900. The quantitative estimate of drug-likeness (QED) is 0.0261. The van der Waals surface area contributed by atoms with Crippen molar-refractivity contribution >= 4 is 17.9 Å². The molecule has 0 bridgehead atoms. The van der Waals surface area contributed by atoms with Gasteiger partial charge in [-0.1, -0.05) is 254 Å². The lowest BCUT2D eigenvalue weighted by molar-refractivity contribution is -0.167. The first-order chi connectivity index (χ1) is 40.0. The second kappa shape index (κ2) is 67.0. The molecule has 0 aliphatic rings. The van der Waals surface area contributed by atoms with Crippen LogP contribution in [0, 0.1) is 0 Å². The fraction of sp³-hybridized carbons (Fsp3) is 0.560. The zero-order valence-electron chi connectivity index (χ0n) is 51.7. The smallest absolute Gasteiger partial charge is 0.306 e. The molecular formula is C75H116O6. The second-order valence-corrected chi connectivity index (χ2v) is 20.5. The van der Waals surface area contributed by atoms with Crippen LogP contribution in [0.1, 0.15) is 252 Å². The largest absolute Gasteiger partial charge is 0.462 e. The summed E-state index contributed by atoms with van der Waals surface area (Å²) < 4.78 is 16.8. The van der Waals surface area contributed by atoms with Crippen LogP contribution in [0.3, 0.4) is 0 Å². The normalized spacial score (nSPS) is 13.4. The monoisotopic (exact) mass is 1110 g/mol. The maximum Gasteiger partial charge on any atom is 0.306 e. The predicted molar refractivity (Wildman–Crippen MR) is 352 cm³/mol. The molecule has 0 heterocycles. The van der Waals surface area contributed by atoms with Crippen LogP contribution < -0.4 is 0 Å². The summed E-state index contributed by atoms with van der Waals surface area (Å²) in [5.41, 5.74) is 0. The van der Waals surface area contributed by atoms with Crippen molar-refractivity contribution in [1.29, 1.82) is 0 Å². The Morgan fingerprint density at radius 3 is 0.790 bits per heavy atom. The van der Waals surface area contributed by atoms with Gasteiger partial charge in [-0.25, -0.2) is 0 Å². The summed E-state index contributed by atoms with van der Waals surface area (Å²) in [6.07, 6.45) is 100. The molecule has 0 aliphatic carbocycles. The third-order valence-corrected chi connectivity index (χ3v) is 12.9. The van der Waals surface area contributed by atoms with E-state index in [0.29, 0.717) is 19.3 Å². The molecule has 0 spiro atoms. The van der Waals surface area contributed by atoms with Crippen LogP contribution >= 0.6 is 0 Å². The zero-order valence-corrected chi connectivity index (χ0v) is 51.7. The van der Waals surface area contributed by atoms with E-state index in [9.17, 15) is 14.4 Å². The first-order valence-electron chi connectivity index (χ1n) is 32.3. The molecule has 81 heavy (non-hydrogen) atoms. The minimum Gasteiger partial charge on any atom is -0.462 e. The average Bonchev–Trinajstić information content (AvgIpc) is 3.46. The first kappa shape index (κ1) is 75.5. The molecule has 6 nitrogen and oxygen atoms in total. The van der Waals surface area contributed by atoms with E-state index in [-0.39, 0.29) is 37.5 Å². The number of ether oxygens (including phenoxy) is 3. The molecule has 0 radical (unpaired) electrons. The highest BCUT2D eigenvalue weighted by Crippen LogP contribution is 2.13. The van der Waals surface area contributed by atoms with Gasteiger partial charge in [0.05, 0.1) is 0 Å². The number of carbonyl (C=O) groups excluding carboxylic acids is 3. The molecule has 0 saturated carbocycles. The molecular weight excluding hydrogens is 997 g/mol. The van der Waals surface area contributed by atoms with Crippen molar-refractivity contribution in [1.82, 2.24) is 0 Å². The van der Waals surface area contributed by atoms with E-state index in [2.05, 4.69) is 203 Å². The molecule has 1 unspecified atom stereocenters. The maximum absolute atomic E-state index is 12.9. The number of rotatable bonds is 56. The standard InChI is InChI=1S/C75H116O6/c1-4-7-10-13-16-19-22-25-27-29-30-31-32-33-34-35-36-37-38-39-40-41-42-43-44-46-47-50-53-56-59-62-65-68-74(77)80-71-72(70-79-73(76)67-64-61-58-55-52-49-24-21-18-15-12-9-6-3)81-75(78)69-66-63-60-57-54-51-48-45-28-26-23-20-17-14-11-8-5-2/h7,9-10,12,16-21,25-28,30-31,33-34,36-37,39-40,42-43,46-47,49,52-53,56,72H,4-6,8,11,13-15,22-24,29,32,35,38,41,44-45,48,50-51,54-55,57-71H2,1-3H3/b10-7-,12-9-,19-16-,20-17-,21-18-,27-25-,28-26-,31-30-,34-33-,37-36-,40-39-,43-42-,47-46-,52-49-,56-53-. The molecule has 0 saturated heterocycles. The highest BCUT2D eigenvalue weighted by molar-refractivity contribution is 5.71. The summed E-state index contributed by atoms with van der Waals surface area (Å²) in [5.74, 6) is -1.01. The van der Waals surface area contributed by atoms with Gasteiger partial charge in [0.25, 0.3) is 0 Å². The summed E-state index contributed by atoms with van der Waals surface area (Å²) in [4.78, 5) is 38.2. The van der Waals surface area contributed by atoms with Crippen molar-refractivity contribution in [3.63, 3.8) is 0 Å². The minimum absolute atomic E-state index is 0.119. The molecule has 0 fully saturated rings. The van der Waals surface area contributed by atoms with E-state index < -0.39 is 6.10 Å². The average molecular weight is 1110 g/mol. The summed E-state index contributed by atoms with van der Waals surface area (Å²) in [6, 6.07) is 0. The summed E-state index contributed by atoms with van der Waals surface area (Å²) in [6.45, 7) is 6.30. The molecule has 0 aromatic heterocycles. The van der Waals surface area contributed by atoms with Crippen molar-refractivity contribution in [3.8, 4) is 0 Å². The highest BCUT2D eigenvalue weighted by atomic mass is 16.6. The summed E-state index contributed by atoms with van der Waals surface area (Å²) in [5, 5.41) is 0. The SMILES string of the molecule is CC/C=C\C/C=C\C/C=C\C/C=C\C/C=C\C/C=C\C/C=C\C/C=C\C/C=C\C/C=C\CCCCC(=O)OCC(COC(=O)CCCCC/C=C\C/C=C\C/C=C\CC)OC(=O)CCCCCCCCC/C=C\C/C=C\CCCCC. The minimum atomic E-state index is -0.823. The number of unbranched alkanes of at least 4 members (excludes halogenated alkanes) is 15. The summed E-state index contributed by atoms with van der Waals surface area (Å²) >= 11 is 0. The Balaban J connectivity index is 4.43. The molecule has 0 N–H and O–H groups in total. The van der Waals surface area contributed by atoms with E-state index in [1.165, 1.54) is 51.4 Å². The van der Waals surface area contributed by atoms with Gasteiger partial charge < -0.3 is 14.2 Å². The highest BCUT2D eigenvalue weighted by Gasteiger charge is 2.19. The van der Waals surface area contributed by atoms with Crippen molar-refractivity contribution in [3.05, 3.63) is 182 Å². The second-order valence-electron chi connectivity index (χ2n) is 20.5. The number of esters is 3. The van der Waals surface area contributed by atoms with Crippen LogP contribution in [0.15, 0.2) is 182 Å². The first-order valence-corrected chi connectivity index (χ1v) is 32.3. The molecule has 1 atom stereocenters. The van der Waals surface area contributed by atoms with E-state index in [4.69, 9.17) is 14.2 Å². The molecule has 0 aromatic rings. The fourth-order valence-corrected chi connectivity index (χ4v) is 8.10. The Kier molecular flexibility index (Phi) is 62.5. The molecule has 0 rings (SSSR count). The van der Waals surface area contributed by atoms with E-state index in [1.54, 1.807) is 0 Å². The van der Waals surface area contributed by atoms with Gasteiger partial charge in [-0.15, -0.1) is 0 Å². The number of allylic oxidation sites excluding steroid dienone is 30. The lowest BCUT2D eigenvalue weighted by Crippen LogP contribution is -2.30. The van der Waals surface area contributed by atoms with Gasteiger partial charge in [0.1, 0.15) is 13.2 Å². The third-order valence-electron chi connectivity index (χ3n) is 12.9. The van der Waals surface area contributed by atoms with Gasteiger partial charge >= 0.3 is 17.9 Å². The molecule has 0 amide bonds. The zero-order chi connectivity index (χ0) is 58.5. The van der Waals surface area contributed by atoms with Gasteiger partial charge in [-0.05, 0) is 161 Å². The van der Waals surface area contributed by atoms with Gasteiger partial charge in [0.15, 0.2) is 6.10 Å². The fourth-order valence-electron chi connectivity index (χ4n) is 8.10. The topological polar surface area (TPSA) is 78.9 Å².